The van der Waals surface area contributed by atoms with Crippen molar-refractivity contribution >= 4 is 35.1 Å². The Bertz CT molecular complexity index is 959. The minimum Gasteiger partial charge on any atom is -0.466 e. The summed E-state index contributed by atoms with van der Waals surface area (Å²) in [5.74, 6) is -2.01. The van der Waals surface area contributed by atoms with Crippen molar-refractivity contribution < 1.29 is 32.2 Å². The lowest BCUT2D eigenvalue weighted by Crippen LogP contribution is -2.27. The van der Waals surface area contributed by atoms with Gasteiger partial charge < -0.3 is 9.47 Å². The molecular formula is C16H10Cl2F3N3O4. The quantitative estimate of drug-likeness (QED) is 0.678. The highest BCUT2D eigenvalue weighted by atomic mass is 35.5. The van der Waals surface area contributed by atoms with Gasteiger partial charge in [-0.05, 0) is 19.1 Å². The molecule has 12 heteroatoms. The van der Waals surface area contributed by atoms with E-state index in [0.717, 1.165) is 18.0 Å². The van der Waals surface area contributed by atoms with Gasteiger partial charge in [0.2, 0.25) is 0 Å². The summed E-state index contributed by atoms with van der Waals surface area (Å²) in [5.41, 5.74) is -2.12. The third kappa shape index (κ3) is 4.21. The summed E-state index contributed by atoms with van der Waals surface area (Å²) in [6, 6.07) is 2.89. The molecule has 0 aliphatic rings. The molecule has 1 aromatic carbocycles. The van der Waals surface area contributed by atoms with Gasteiger partial charge in [-0.15, -0.1) is 0 Å². The van der Waals surface area contributed by atoms with E-state index in [9.17, 15) is 28.0 Å². The van der Waals surface area contributed by atoms with Gasteiger partial charge in [-0.25, -0.2) is 14.3 Å². The van der Waals surface area contributed by atoms with Gasteiger partial charge >= 0.3 is 18.1 Å². The smallest absolute Gasteiger partial charge is 0.416 e. The Hall–Kier alpha value is -2.77. The largest absolute Gasteiger partial charge is 0.466 e. The summed E-state index contributed by atoms with van der Waals surface area (Å²) in [7, 11) is 1.08. The number of ether oxygens (including phenoxy) is 2. The number of alkyl halides is 3. The number of nitriles is 1. The van der Waals surface area contributed by atoms with E-state index in [1.165, 1.54) is 6.92 Å². The topological polar surface area (TPSA) is 94.2 Å². The molecule has 28 heavy (non-hydrogen) atoms. The zero-order chi connectivity index (χ0) is 21.2. The first-order valence-corrected chi connectivity index (χ1v) is 8.10. The van der Waals surface area contributed by atoms with E-state index in [0.29, 0.717) is 12.1 Å². The molecule has 0 radical (unpaired) electrons. The van der Waals surface area contributed by atoms with Gasteiger partial charge in [-0.3, -0.25) is 0 Å². The number of nitrogens with zero attached hydrogens (tertiary/aromatic N) is 3. The van der Waals surface area contributed by atoms with Crippen LogP contribution in [0.2, 0.25) is 10.0 Å². The Balaban J connectivity index is 2.58. The first-order chi connectivity index (χ1) is 13.0. The maximum Gasteiger partial charge on any atom is 0.416 e. The number of rotatable bonds is 4. The van der Waals surface area contributed by atoms with Crippen LogP contribution in [0.5, 0.6) is 0 Å². The lowest BCUT2D eigenvalue weighted by molar-refractivity contribution is -0.149. The molecule has 1 unspecified atom stereocenters. The van der Waals surface area contributed by atoms with E-state index in [1.807, 2.05) is 0 Å². The van der Waals surface area contributed by atoms with Crippen LogP contribution in [0.4, 0.5) is 13.2 Å². The standard InChI is InChI=1S/C16H10Cl2F3N3O4/c1-7(14(25)27-2)28-15(26)12-8(5-22)6-23-24(12)13-10(17)3-9(4-11(13)18)16(19,20)21/h3-4,6-7H,1-2H3. The van der Waals surface area contributed by atoms with Gasteiger partial charge in [0.15, 0.2) is 11.8 Å². The van der Waals surface area contributed by atoms with E-state index < -0.39 is 45.5 Å². The maximum absolute atomic E-state index is 12.9. The maximum atomic E-state index is 12.9. The zero-order valence-electron chi connectivity index (χ0n) is 14.2. The first-order valence-electron chi connectivity index (χ1n) is 7.34. The molecule has 2 aromatic rings. The summed E-state index contributed by atoms with van der Waals surface area (Å²) in [6.07, 6.45) is -5.04. The third-order valence-corrected chi connectivity index (χ3v) is 4.03. The molecule has 0 fully saturated rings. The summed E-state index contributed by atoms with van der Waals surface area (Å²) in [5, 5.41) is 12.0. The highest BCUT2D eigenvalue weighted by Gasteiger charge is 2.33. The number of methoxy groups -OCH3 is 1. The van der Waals surface area contributed by atoms with Crippen molar-refractivity contribution in [2.45, 2.75) is 19.2 Å². The molecule has 1 atom stereocenters. The molecule has 148 valence electrons. The summed E-state index contributed by atoms with van der Waals surface area (Å²) in [6.45, 7) is 1.23. The van der Waals surface area contributed by atoms with Crippen LogP contribution < -0.4 is 0 Å². The van der Waals surface area contributed by atoms with Crippen molar-refractivity contribution in [1.82, 2.24) is 9.78 Å². The second kappa shape index (κ2) is 8.08. The van der Waals surface area contributed by atoms with Gasteiger partial charge in [0, 0.05) is 0 Å². The van der Waals surface area contributed by atoms with Crippen molar-refractivity contribution in [3.63, 3.8) is 0 Å². The highest BCUT2D eigenvalue weighted by molar-refractivity contribution is 6.38. The molecule has 0 spiro atoms. The van der Waals surface area contributed by atoms with Crippen molar-refractivity contribution in [2.75, 3.05) is 7.11 Å². The Kier molecular flexibility index (Phi) is 6.21. The van der Waals surface area contributed by atoms with E-state index in [-0.39, 0.29) is 11.3 Å². The average molecular weight is 436 g/mol. The summed E-state index contributed by atoms with van der Waals surface area (Å²) >= 11 is 11.9. The minimum absolute atomic E-state index is 0.268. The number of carbonyl (C=O) groups excluding carboxylic acids is 2. The van der Waals surface area contributed by atoms with Crippen LogP contribution in [0.1, 0.15) is 28.5 Å². The Labute approximate surface area is 166 Å². The summed E-state index contributed by atoms with van der Waals surface area (Å²) < 4.78 is 48.8. The molecule has 0 saturated carbocycles. The van der Waals surface area contributed by atoms with Gasteiger partial charge in [-0.1, -0.05) is 23.2 Å². The zero-order valence-corrected chi connectivity index (χ0v) is 15.7. The molecule has 0 saturated heterocycles. The number of hydrogen-bond acceptors (Lipinski definition) is 6. The molecule has 0 bridgehead atoms. The number of carbonyl (C=O) groups is 2. The SMILES string of the molecule is COC(=O)C(C)OC(=O)c1c(C#N)cnn1-c1c(Cl)cc(C(F)(F)F)cc1Cl. The predicted molar refractivity (Wildman–Crippen MR) is 90.2 cm³/mol. The van der Waals surface area contributed by atoms with E-state index >= 15 is 0 Å². The molecule has 1 aromatic heterocycles. The van der Waals surface area contributed by atoms with Crippen LogP contribution in [0.15, 0.2) is 18.3 Å². The van der Waals surface area contributed by atoms with Crippen molar-refractivity contribution in [1.29, 1.82) is 5.26 Å². The second-order valence-electron chi connectivity index (χ2n) is 5.29. The van der Waals surface area contributed by atoms with Crippen molar-refractivity contribution in [3.8, 4) is 11.8 Å². The van der Waals surface area contributed by atoms with Crippen LogP contribution in [-0.2, 0) is 20.4 Å². The molecule has 1 heterocycles. The van der Waals surface area contributed by atoms with Gasteiger partial charge in [0.1, 0.15) is 17.3 Å². The van der Waals surface area contributed by atoms with E-state index in [1.54, 1.807) is 6.07 Å². The van der Waals surface area contributed by atoms with Gasteiger partial charge in [-0.2, -0.15) is 23.5 Å². The predicted octanol–water partition coefficient (Wildman–Crippen LogP) is 3.79. The molecular weight excluding hydrogens is 426 g/mol. The molecule has 7 nitrogen and oxygen atoms in total. The Morgan fingerprint density at radius 3 is 2.32 bits per heavy atom. The van der Waals surface area contributed by atoms with Crippen LogP contribution >= 0.6 is 23.2 Å². The fraction of sp³-hybridized carbons (Fsp3) is 0.250. The molecule has 0 aliphatic carbocycles. The lowest BCUT2D eigenvalue weighted by atomic mass is 10.2. The van der Waals surface area contributed by atoms with Crippen molar-refractivity contribution in [2.24, 2.45) is 0 Å². The normalized spacial score (nSPS) is 12.2. The third-order valence-electron chi connectivity index (χ3n) is 3.46. The van der Waals surface area contributed by atoms with Crippen LogP contribution in [-0.4, -0.2) is 34.9 Å². The average Bonchev–Trinajstić information content (AvgIpc) is 3.03. The van der Waals surface area contributed by atoms with Crippen LogP contribution in [0, 0.1) is 11.3 Å². The molecule has 0 aliphatic heterocycles. The van der Waals surface area contributed by atoms with Crippen LogP contribution in [0.3, 0.4) is 0 Å². The number of benzene rings is 1. The van der Waals surface area contributed by atoms with E-state index in [4.69, 9.17) is 27.9 Å². The second-order valence-corrected chi connectivity index (χ2v) is 6.10. The van der Waals surface area contributed by atoms with E-state index in [2.05, 4.69) is 9.84 Å². The van der Waals surface area contributed by atoms with Crippen LogP contribution in [0.25, 0.3) is 5.69 Å². The first kappa shape index (κ1) is 21.5. The monoisotopic (exact) mass is 435 g/mol. The molecule has 2 rings (SSSR count). The Morgan fingerprint density at radius 2 is 1.86 bits per heavy atom. The van der Waals surface area contributed by atoms with Gasteiger partial charge in [0.05, 0.1) is 28.9 Å². The molecule has 0 amide bonds. The highest BCUT2D eigenvalue weighted by Crippen LogP contribution is 2.38. The number of esters is 2. The minimum atomic E-state index is -4.70. The lowest BCUT2D eigenvalue weighted by Gasteiger charge is -2.15. The van der Waals surface area contributed by atoms with Crippen molar-refractivity contribution in [3.05, 3.63) is 45.2 Å². The number of hydrogen-bond donors (Lipinski definition) is 0. The number of aromatic nitrogens is 2. The summed E-state index contributed by atoms with van der Waals surface area (Å²) in [4.78, 5) is 23.9. The van der Waals surface area contributed by atoms with Gasteiger partial charge in [0.25, 0.3) is 0 Å². The fourth-order valence-electron chi connectivity index (χ4n) is 2.16. The molecule has 0 N–H and O–H groups in total. The Morgan fingerprint density at radius 1 is 1.29 bits per heavy atom. The fourth-order valence-corrected chi connectivity index (χ4v) is 2.81. The number of halogens is 5.